The molecule has 3 aromatic carbocycles. The van der Waals surface area contributed by atoms with E-state index in [0.717, 1.165) is 17.1 Å². The van der Waals surface area contributed by atoms with Gasteiger partial charge >= 0.3 is 0 Å². The first-order valence-corrected chi connectivity index (χ1v) is 13.2. The highest BCUT2D eigenvalue weighted by Gasteiger charge is 2.20. The topological polar surface area (TPSA) is 131 Å². The number of Topliss-reactive ketones (excluding diaryl/α,β-unsaturated/α-hetero) is 1. The lowest BCUT2D eigenvalue weighted by atomic mass is 10.0. The Hall–Kier alpha value is -4.87. The van der Waals surface area contributed by atoms with E-state index in [9.17, 15) is 14.4 Å². The van der Waals surface area contributed by atoms with Crippen molar-refractivity contribution in [1.82, 2.24) is 25.5 Å². The molecule has 0 aliphatic carbocycles. The van der Waals surface area contributed by atoms with E-state index in [2.05, 4.69) is 26.2 Å². The smallest absolute Gasteiger partial charge is 0.253 e. The maximum Gasteiger partial charge on any atom is 0.253 e. The molecule has 0 saturated carbocycles. The zero-order valence-electron chi connectivity index (χ0n) is 22.0. The van der Waals surface area contributed by atoms with Crippen LogP contribution in [0.5, 0.6) is 0 Å². The molecule has 0 radical (unpaired) electrons. The summed E-state index contributed by atoms with van der Waals surface area (Å²) in [5.74, 6) is -0.723. The molecule has 11 nitrogen and oxygen atoms in total. The summed E-state index contributed by atoms with van der Waals surface area (Å²) in [5.41, 5.74) is 4.18. The number of ketones is 1. The summed E-state index contributed by atoms with van der Waals surface area (Å²) in [6.45, 7) is 2.77. The number of aromatic nitrogens is 4. The molecule has 2 amide bonds. The van der Waals surface area contributed by atoms with Crippen LogP contribution in [0.4, 0.5) is 17.1 Å². The quantitative estimate of drug-likeness (QED) is 0.229. The molecular weight excluding hydrogens is 546 g/mol. The molecular formula is C29H26ClN7O4. The molecule has 12 heteroatoms. The molecule has 1 saturated heterocycles. The van der Waals surface area contributed by atoms with Crippen LogP contribution in [0.15, 0.2) is 79.1 Å². The fraction of sp³-hybridized carbons (Fsp3) is 0.172. The Balaban J connectivity index is 1.17. The Bertz CT molecular complexity index is 1570. The van der Waals surface area contributed by atoms with E-state index in [1.54, 1.807) is 60.4 Å². The number of carbonyl (C=O) groups is 3. The summed E-state index contributed by atoms with van der Waals surface area (Å²) in [6, 6.07) is 18.9. The number of anilines is 3. The molecule has 1 atom stereocenters. The van der Waals surface area contributed by atoms with Crippen LogP contribution in [0.1, 0.15) is 22.8 Å². The Morgan fingerprint density at radius 2 is 1.78 bits per heavy atom. The van der Waals surface area contributed by atoms with Gasteiger partial charge in [0.15, 0.2) is 5.78 Å². The number of ether oxygens (including phenoxy) is 1. The molecule has 1 aliphatic heterocycles. The number of hydrogen-bond donors (Lipinski definition) is 2. The average Bonchev–Trinajstić information content (AvgIpc) is 3.52. The van der Waals surface area contributed by atoms with Crippen LogP contribution >= 0.6 is 11.6 Å². The van der Waals surface area contributed by atoms with Gasteiger partial charge < -0.3 is 20.3 Å². The highest BCUT2D eigenvalue weighted by Crippen LogP contribution is 2.23. The van der Waals surface area contributed by atoms with Crippen molar-refractivity contribution in [3.8, 4) is 5.69 Å². The second-order valence-corrected chi connectivity index (χ2v) is 9.67. The second-order valence-electron chi connectivity index (χ2n) is 9.23. The van der Waals surface area contributed by atoms with E-state index in [1.807, 2.05) is 24.3 Å². The summed E-state index contributed by atoms with van der Waals surface area (Å²) < 4.78 is 6.64. The number of rotatable bonds is 9. The third-order valence-electron chi connectivity index (χ3n) is 6.37. The summed E-state index contributed by atoms with van der Waals surface area (Å²) in [7, 11) is 0. The van der Waals surface area contributed by atoms with Gasteiger partial charge in [0.05, 0.1) is 18.3 Å². The first-order valence-electron chi connectivity index (χ1n) is 12.8. The van der Waals surface area contributed by atoms with Crippen LogP contribution < -0.4 is 15.5 Å². The van der Waals surface area contributed by atoms with Crippen molar-refractivity contribution in [2.45, 2.75) is 13.0 Å². The largest absolute Gasteiger partial charge is 0.370 e. The van der Waals surface area contributed by atoms with E-state index in [1.165, 1.54) is 17.1 Å². The molecule has 2 N–H and O–H groups in total. The summed E-state index contributed by atoms with van der Waals surface area (Å²) >= 11 is 6.12. The summed E-state index contributed by atoms with van der Waals surface area (Å²) in [6.07, 6.45) is 4.35. The van der Waals surface area contributed by atoms with Crippen molar-refractivity contribution in [2.75, 3.05) is 30.0 Å². The first-order chi connectivity index (χ1) is 19.9. The van der Waals surface area contributed by atoms with Crippen molar-refractivity contribution >= 4 is 52.3 Å². The van der Waals surface area contributed by atoms with Gasteiger partial charge in [0.25, 0.3) is 5.91 Å². The fourth-order valence-electron chi connectivity index (χ4n) is 4.28. The molecule has 0 bridgehead atoms. The third kappa shape index (κ3) is 6.83. The predicted molar refractivity (Wildman–Crippen MR) is 154 cm³/mol. The van der Waals surface area contributed by atoms with Crippen molar-refractivity contribution in [3.63, 3.8) is 0 Å². The fourth-order valence-corrected chi connectivity index (χ4v) is 4.46. The van der Waals surface area contributed by atoms with E-state index in [-0.39, 0.29) is 18.3 Å². The van der Waals surface area contributed by atoms with Gasteiger partial charge in [-0.1, -0.05) is 11.6 Å². The minimum atomic E-state index is -0.750. The van der Waals surface area contributed by atoms with Gasteiger partial charge in [-0.15, -0.1) is 5.10 Å². The number of carbonyl (C=O) groups excluding carboxylic acids is 3. The molecule has 1 aromatic heterocycles. The highest BCUT2D eigenvalue weighted by atomic mass is 35.5. The van der Waals surface area contributed by atoms with Crippen molar-refractivity contribution in [2.24, 2.45) is 0 Å². The number of nitrogens with one attached hydrogen (secondary N) is 2. The molecule has 0 unspecified atom stereocenters. The molecule has 0 spiro atoms. The van der Waals surface area contributed by atoms with E-state index >= 15 is 0 Å². The highest BCUT2D eigenvalue weighted by molar-refractivity contribution is 6.30. The number of amides is 2. The van der Waals surface area contributed by atoms with Crippen LogP contribution in [0.25, 0.3) is 11.8 Å². The zero-order valence-corrected chi connectivity index (χ0v) is 22.8. The zero-order chi connectivity index (χ0) is 28.8. The first kappa shape index (κ1) is 27.7. The van der Waals surface area contributed by atoms with Crippen molar-refractivity contribution < 1.29 is 19.1 Å². The Morgan fingerprint density at radius 3 is 2.46 bits per heavy atom. The number of benzene rings is 3. The summed E-state index contributed by atoms with van der Waals surface area (Å²) in [5, 5.41) is 17.6. The van der Waals surface area contributed by atoms with Gasteiger partial charge in [0.2, 0.25) is 5.91 Å². The van der Waals surface area contributed by atoms with Gasteiger partial charge in [-0.05, 0) is 90.2 Å². The van der Waals surface area contributed by atoms with E-state index < -0.39 is 11.9 Å². The number of morpholine rings is 1. The van der Waals surface area contributed by atoms with Gasteiger partial charge in [-0.2, -0.15) is 4.68 Å². The Kier molecular flexibility index (Phi) is 8.47. The average molecular weight is 572 g/mol. The normalized spacial score (nSPS) is 14.2. The second kappa shape index (κ2) is 12.5. The van der Waals surface area contributed by atoms with Crippen LogP contribution in [0.2, 0.25) is 5.02 Å². The lowest BCUT2D eigenvalue weighted by Crippen LogP contribution is -2.41. The van der Waals surface area contributed by atoms with Gasteiger partial charge in [-0.25, -0.2) is 0 Å². The Labute approximate surface area is 240 Å². The van der Waals surface area contributed by atoms with Gasteiger partial charge in [-0.3, -0.25) is 14.4 Å². The molecule has 208 valence electrons. The standard InChI is InChI=1S/C29H26ClN7O4/c1-19(32-27(38)13-4-21-16-22(30)5-12-26(21)37-18-31-34-35-37)29(40)20-2-6-23(7-3-20)33-24-8-10-25(11-9-24)36-14-15-41-17-28(36)39/h2-13,16,18-19,33H,14-15,17H2,1H3,(H,32,38)/b13-4+/t19-/m0/s1. The maximum absolute atomic E-state index is 12.9. The molecule has 1 aliphatic rings. The van der Waals surface area contributed by atoms with Gasteiger partial charge in [0, 0.05) is 45.8 Å². The lowest BCUT2D eigenvalue weighted by molar-refractivity contribution is -0.125. The minimum absolute atomic E-state index is 0.0603. The minimum Gasteiger partial charge on any atom is -0.370 e. The lowest BCUT2D eigenvalue weighted by Gasteiger charge is -2.27. The monoisotopic (exact) mass is 571 g/mol. The number of nitrogens with zero attached hydrogens (tertiary/aromatic N) is 5. The van der Waals surface area contributed by atoms with Gasteiger partial charge in [0.1, 0.15) is 12.9 Å². The van der Waals surface area contributed by atoms with Crippen LogP contribution in [0, 0.1) is 0 Å². The van der Waals surface area contributed by atoms with Crippen LogP contribution in [-0.2, 0) is 14.3 Å². The molecule has 2 heterocycles. The predicted octanol–water partition coefficient (Wildman–Crippen LogP) is 3.82. The van der Waals surface area contributed by atoms with Crippen LogP contribution in [0.3, 0.4) is 0 Å². The SMILES string of the molecule is C[C@H](NC(=O)/C=C/c1cc(Cl)ccc1-n1cnnn1)C(=O)c1ccc(Nc2ccc(N3CCOCC3=O)cc2)cc1. The Morgan fingerprint density at radius 1 is 1.05 bits per heavy atom. The van der Waals surface area contributed by atoms with E-state index in [0.29, 0.717) is 35.0 Å². The molecule has 41 heavy (non-hydrogen) atoms. The van der Waals surface area contributed by atoms with Crippen molar-refractivity contribution in [3.05, 3.63) is 95.3 Å². The number of halogens is 1. The third-order valence-corrected chi connectivity index (χ3v) is 6.61. The maximum atomic E-state index is 12.9. The molecule has 5 rings (SSSR count). The van der Waals surface area contributed by atoms with Crippen molar-refractivity contribution in [1.29, 1.82) is 0 Å². The molecule has 1 fully saturated rings. The number of hydrogen-bond acceptors (Lipinski definition) is 8. The molecule has 4 aromatic rings. The van der Waals surface area contributed by atoms with Crippen LogP contribution in [-0.4, -0.2) is 63.6 Å². The van der Waals surface area contributed by atoms with E-state index in [4.69, 9.17) is 16.3 Å². The number of tetrazole rings is 1. The summed E-state index contributed by atoms with van der Waals surface area (Å²) in [4.78, 5) is 39.3.